The molecule has 1 aliphatic carbocycles. The molecule has 2 atom stereocenters. The maximum atomic E-state index is 12.2. The second-order valence-corrected chi connectivity index (χ2v) is 5.01. The van der Waals surface area contributed by atoms with Crippen LogP contribution >= 0.6 is 0 Å². The zero-order chi connectivity index (χ0) is 13.1. The summed E-state index contributed by atoms with van der Waals surface area (Å²) in [6.07, 6.45) is 3.27. The molecule has 0 radical (unpaired) electrons. The SMILES string of the molecule is Cc1ccc(N)cc1C(=O)N[C@H]1CCCC[C@@H]1O. The molecule has 0 bridgehead atoms. The Hall–Kier alpha value is -1.55. The van der Waals surface area contributed by atoms with Gasteiger partial charge in [0.25, 0.3) is 5.91 Å². The Bertz CT molecular complexity index is 445. The van der Waals surface area contributed by atoms with Crippen LogP contribution in [0.5, 0.6) is 0 Å². The number of carbonyl (C=O) groups excluding carboxylic acids is 1. The first kappa shape index (κ1) is 12.9. The molecule has 0 heterocycles. The first-order chi connectivity index (χ1) is 8.58. The number of anilines is 1. The monoisotopic (exact) mass is 248 g/mol. The Morgan fingerprint density at radius 2 is 2.11 bits per heavy atom. The predicted octanol–water partition coefficient (Wildman–Crippen LogP) is 1.61. The maximum Gasteiger partial charge on any atom is 0.251 e. The number of hydrogen-bond donors (Lipinski definition) is 3. The molecular weight excluding hydrogens is 228 g/mol. The van der Waals surface area contributed by atoms with Gasteiger partial charge in [-0.3, -0.25) is 4.79 Å². The number of nitrogens with one attached hydrogen (secondary N) is 1. The minimum Gasteiger partial charge on any atom is -0.399 e. The molecule has 4 nitrogen and oxygen atoms in total. The Morgan fingerprint density at radius 3 is 2.83 bits per heavy atom. The first-order valence-corrected chi connectivity index (χ1v) is 6.43. The van der Waals surface area contributed by atoms with Crippen LogP contribution in [0.4, 0.5) is 5.69 Å². The second-order valence-electron chi connectivity index (χ2n) is 5.01. The average molecular weight is 248 g/mol. The molecule has 1 saturated carbocycles. The van der Waals surface area contributed by atoms with Crippen molar-refractivity contribution >= 4 is 11.6 Å². The van der Waals surface area contributed by atoms with Gasteiger partial charge < -0.3 is 16.2 Å². The number of amides is 1. The summed E-state index contributed by atoms with van der Waals surface area (Å²) in [5, 5.41) is 12.8. The first-order valence-electron chi connectivity index (χ1n) is 6.43. The topological polar surface area (TPSA) is 75.4 Å². The van der Waals surface area contributed by atoms with Crippen LogP contribution < -0.4 is 11.1 Å². The largest absolute Gasteiger partial charge is 0.399 e. The number of aliphatic hydroxyl groups excluding tert-OH is 1. The van der Waals surface area contributed by atoms with Gasteiger partial charge in [-0.2, -0.15) is 0 Å². The van der Waals surface area contributed by atoms with Crippen molar-refractivity contribution in [2.24, 2.45) is 0 Å². The number of benzene rings is 1. The van der Waals surface area contributed by atoms with Crippen molar-refractivity contribution in [1.29, 1.82) is 0 Å². The smallest absolute Gasteiger partial charge is 0.251 e. The van der Waals surface area contributed by atoms with Gasteiger partial charge in [-0.1, -0.05) is 18.9 Å². The lowest BCUT2D eigenvalue weighted by molar-refractivity contribution is 0.0717. The van der Waals surface area contributed by atoms with E-state index in [1.54, 1.807) is 12.1 Å². The van der Waals surface area contributed by atoms with Gasteiger partial charge in [0, 0.05) is 11.3 Å². The van der Waals surface area contributed by atoms with Crippen molar-refractivity contribution < 1.29 is 9.90 Å². The molecule has 0 unspecified atom stereocenters. The Kier molecular flexibility index (Phi) is 3.87. The molecule has 18 heavy (non-hydrogen) atoms. The molecule has 0 spiro atoms. The molecule has 4 heteroatoms. The van der Waals surface area contributed by atoms with E-state index in [1.807, 2.05) is 13.0 Å². The van der Waals surface area contributed by atoms with Crippen molar-refractivity contribution in [3.05, 3.63) is 29.3 Å². The summed E-state index contributed by atoms with van der Waals surface area (Å²) >= 11 is 0. The van der Waals surface area contributed by atoms with Crippen molar-refractivity contribution in [3.63, 3.8) is 0 Å². The third-order valence-corrected chi connectivity index (χ3v) is 3.55. The van der Waals surface area contributed by atoms with Gasteiger partial charge >= 0.3 is 0 Å². The van der Waals surface area contributed by atoms with Gasteiger partial charge in [-0.25, -0.2) is 0 Å². The molecule has 1 fully saturated rings. The molecule has 1 aliphatic rings. The summed E-state index contributed by atoms with van der Waals surface area (Å²) < 4.78 is 0. The molecular formula is C14H20N2O2. The lowest BCUT2D eigenvalue weighted by Gasteiger charge is -2.28. The fraction of sp³-hybridized carbons (Fsp3) is 0.500. The summed E-state index contributed by atoms with van der Waals surface area (Å²) in [4.78, 5) is 12.2. The highest BCUT2D eigenvalue weighted by Gasteiger charge is 2.25. The van der Waals surface area contributed by atoms with Gasteiger partial charge in [0.1, 0.15) is 0 Å². The minimum absolute atomic E-state index is 0.132. The molecule has 2 rings (SSSR count). The van der Waals surface area contributed by atoms with Crippen LogP contribution in [0.25, 0.3) is 0 Å². The van der Waals surface area contributed by atoms with E-state index in [0.29, 0.717) is 11.3 Å². The van der Waals surface area contributed by atoms with E-state index in [9.17, 15) is 9.90 Å². The third-order valence-electron chi connectivity index (χ3n) is 3.55. The number of carbonyl (C=O) groups is 1. The maximum absolute atomic E-state index is 12.2. The number of aliphatic hydroxyl groups is 1. The van der Waals surface area contributed by atoms with Crippen LogP contribution in [0.15, 0.2) is 18.2 Å². The van der Waals surface area contributed by atoms with E-state index in [1.165, 1.54) is 0 Å². The van der Waals surface area contributed by atoms with E-state index in [2.05, 4.69) is 5.32 Å². The number of nitrogen functional groups attached to an aromatic ring is 1. The molecule has 1 aromatic rings. The highest BCUT2D eigenvalue weighted by atomic mass is 16.3. The van der Waals surface area contributed by atoms with E-state index in [0.717, 1.165) is 31.2 Å². The summed E-state index contributed by atoms with van der Waals surface area (Å²) in [6.45, 7) is 1.88. The number of nitrogens with two attached hydrogens (primary N) is 1. The molecule has 0 aromatic heterocycles. The van der Waals surface area contributed by atoms with E-state index in [-0.39, 0.29) is 11.9 Å². The summed E-state index contributed by atoms with van der Waals surface area (Å²) in [5.74, 6) is -0.147. The standard InChI is InChI=1S/C14H20N2O2/c1-9-6-7-10(15)8-11(9)14(18)16-12-4-2-3-5-13(12)17/h6-8,12-13,17H,2-5,15H2,1H3,(H,16,18)/t12-,13-/m0/s1. The van der Waals surface area contributed by atoms with Crippen LogP contribution in [0.3, 0.4) is 0 Å². The molecule has 1 aromatic carbocycles. The van der Waals surface area contributed by atoms with Crippen LogP contribution in [-0.2, 0) is 0 Å². The predicted molar refractivity (Wildman–Crippen MR) is 71.3 cm³/mol. The van der Waals surface area contributed by atoms with Crippen LogP contribution in [0.1, 0.15) is 41.6 Å². The van der Waals surface area contributed by atoms with Gasteiger partial charge in [0.05, 0.1) is 12.1 Å². The van der Waals surface area contributed by atoms with Gasteiger partial charge in [-0.15, -0.1) is 0 Å². The van der Waals surface area contributed by atoms with Crippen LogP contribution in [0.2, 0.25) is 0 Å². The summed E-state index contributed by atoms with van der Waals surface area (Å²) in [6, 6.07) is 5.16. The Labute approximate surface area is 107 Å². The van der Waals surface area contributed by atoms with Gasteiger partial charge in [0.2, 0.25) is 0 Å². The zero-order valence-electron chi connectivity index (χ0n) is 10.6. The van der Waals surface area contributed by atoms with Crippen LogP contribution in [-0.4, -0.2) is 23.2 Å². The number of aryl methyl sites for hydroxylation is 1. The lowest BCUT2D eigenvalue weighted by atomic mass is 9.92. The van der Waals surface area contributed by atoms with Crippen molar-refractivity contribution in [2.45, 2.75) is 44.8 Å². The van der Waals surface area contributed by atoms with E-state index < -0.39 is 6.10 Å². The fourth-order valence-corrected chi connectivity index (χ4v) is 2.41. The van der Waals surface area contributed by atoms with E-state index in [4.69, 9.17) is 5.73 Å². The number of rotatable bonds is 2. The van der Waals surface area contributed by atoms with Gasteiger partial charge in [0.15, 0.2) is 0 Å². The minimum atomic E-state index is -0.427. The van der Waals surface area contributed by atoms with Gasteiger partial charge in [-0.05, 0) is 37.5 Å². The molecule has 0 aliphatic heterocycles. The zero-order valence-corrected chi connectivity index (χ0v) is 10.6. The second kappa shape index (κ2) is 5.40. The van der Waals surface area contributed by atoms with Crippen molar-refractivity contribution in [2.75, 3.05) is 5.73 Å². The highest BCUT2D eigenvalue weighted by molar-refractivity contribution is 5.96. The normalized spacial score (nSPS) is 23.7. The fourth-order valence-electron chi connectivity index (χ4n) is 2.41. The summed E-state index contributed by atoms with van der Waals surface area (Å²) in [7, 11) is 0. The summed E-state index contributed by atoms with van der Waals surface area (Å²) in [5.41, 5.74) is 7.76. The lowest BCUT2D eigenvalue weighted by Crippen LogP contribution is -2.45. The average Bonchev–Trinajstić information content (AvgIpc) is 2.35. The quantitative estimate of drug-likeness (QED) is 0.696. The van der Waals surface area contributed by atoms with E-state index >= 15 is 0 Å². The highest BCUT2D eigenvalue weighted by Crippen LogP contribution is 2.19. The Morgan fingerprint density at radius 1 is 1.39 bits per heavy atom. The molecule has 98 valence electrons. The molecule has 4 N–H and O–H groups in total. The molecule has 0 saturated heterocycles. The molecule has 1 amide bonds. The Balaban J connectivity index is 2.09. The van der Waals surface area contributed by atoms with Crippen LogP contribution in [0, 0.1) is 6.92 Å². The third kappa shape index (κ3) is 2.82. The van der Waals surface area contributed by atoms with Crippen molar-refractivity contribution in [1.82, 2.24) is 5.32 Å². The van der Waals surface area contributed by atoms with Crippen molar-refractivity contribution in [3.8, 4) is 0 Å². The number of hydrogen-bond acceptors (Lipinski definition) is 3.